The van der Waals surface area contributed by atoms with E-state index in [1.54, 1.807) is 0 Å². The predicted octanol–water partition coefficient (Wildman–Crippen LogP) is -1.45. The van der Waals surface area contributed by atoms with E-state index in [9.17, 15) is 15.0 Å². The van der Waals surface area contributed by atoms with Gasteiger partial charge >= 0.3 is 5.97 Å². The molecular weight excluding hydrogens is 180 g/mol. The molecule has 6 nitrogen and oxygen atoms in total. The van der Waals surface area contributed by atoms with E-state index in [0.29, 0.717) is 0 Å². The third-order valence-corrected chi connectivity index (χ3v) is 1.90. The van der Waals surface area contributed by atoms with Crippen molar-refractivity contribution in [2.75, 3.05) is 7.11 Å². The first-order valence-electron chi connectivity index (χ1n) is 3.83. The standard InChI is InChI=1S/C7H12O6/c1-12-7-4(9)2-3(8)5(13-7)6(10)11/h3-5,7-9H,2H2,1H3,(H,10,11). The molecule has 3 N–H and O–H groups in total. The van der Waals surface area contributed by atoms with Crippen LogP contribution < -0.4 is 0 Å². The van der Waals surface area contributed by atoms with E-state index in [1.165, 1.54) is 7.11 Å². The fraction of sp³-hybridized carbons (Fsp3) is 0.857. The lowest BCUT2D eigenvalue weighted by Gasteiger charge is -2.33. The van der Waals surface area contributed by atoms with Crippen molar-refractivity contribution in [3.8, 4) is 0 Å². The van der Waals surface area contributed by atoms with Gasteiger partial charge in [-0.1, -0.05) is 0 Å². The van der Waals surface area contributed by atoms with Crippen LogP contribution >= 0.6 is 0 Å². The number of ether oxygens (including phenoxy) is 2. The van der Waals surface area contributed by atoms with Crippen LogP contribution in [0, 0.1) is 0 Å². The van der Waals surface area contributed by atoms with E-state index in [0.717, 1.165) is 0 Å². The lowest BCUT2D eigenvalue weighted by molar-refractivity contribution is -0.256. The van der Waals surface area contributed by atoms with Crippen LogP contribution in [0.1, 0.15) is 6.42 Å². The van der Waals surface area contributed by atoms with Gasteiger partial charge in [0.25, 0.3) is 0 Å². The Labute approximate surface area is 74.7 Å². The molecule has 0 aromatic rings. The first kappa shape index (κ1) is 10.4. The van der Waals surface area contributed by atoms with Gasteiger partial charge in [-0.3, -0.25) is 0 Å². The van der Waals surface area contributed by atoms with Gasteiger partial charge in [0.2, 0.25) is 0 Å². The molecule has 76 valence electrons. The molecule has 1 aliphatic heterocycles. The highest BCUT2D eigenvalue weighted by atomic mass is 16.7. The Bertz CT molecular complexity index is 193. The Morgan fingerprint density at radius 3 is 2.54 bits per heavy atom. The average molecular weight is 192 g/mol. The van der Waals surface area contributed by atoms with Crippen molar-refractivity contribution in [2.45, 2.75) is 31.0 Å². The van der Waals surface area contributed by atoms with Crippen LogP contribution in [-0.2, 0) is 14.3 Å². The smallest absolute Gasteiger partial charge is 0.335 e. The number of carboxylic acid groups (broad SMARTS) is 1. The zero-order chi connectivity index (χ0) is 10.0. The minimum Gasteiger partial charge on any atom is -0.479 e. The summed E-state index contributed by atoms with van der Waals surface area (Å²) in [4.78, 5) is 10.5. The van der Waals surface area contributed by atoms with Crippen molar-refractivity contribution in [3.05, 3.63) is 0 Å². The molecule has 0 amide bonds. The van der Waals surface area contributed by atoms with Gasteiger partial charge in [0, 0.05) is 13.5 Å². The molecule has 0 aromatic carbocycles. The summed E-state index contributed by atoms with van der Waals surface area (Å²) in [6.07, 6.45) is -4.55. The van der Waals surface area contributed by atoms with Gasteiger partial charge in [-0.15, -0.1) is 0 Å². The summed E-state index contributed by atoms with van der Waals surface area (Å²) in [5, 5.41) is 27.0. The van der Waals surface area contributed by atoms with Gasteiger partial charge in [-0.05, 0) is 0 Å². The van der Waals surface area contributed by atoms with Crippen LogP contribution in [0.5, 0.6) is 0 Å². The van der Waals surface area contributed by atoms with Crippen molar-refractivity contribution in [1.29, 1.82) is 0 Å². The quantitative estimate of drug-likeness (QED) is 0.495. The molecule has 0 bridgehead atoms. The number of carbonyl (C=O) groups is 1. The average Bonchev–Trinajstić information content (AvgIpc) is 2.03. The molecule has 0 spiro atoms. The van der Waals surface area contributed by atoms with E-state index in [4.69, 9.17) is 9.84 Å². The highest BCUT2D eigenvalue weighted by molar-refractivity contribution is 5.73. The Morgan fingerprint density at radius 1 is 1.46 bits per heavy atom. The van der Waals surface area contributed by atoms with Crippen LogP contribution in [-0.4, -0.2) is 53.0 Å². The first-order chi connectivity index (χ1) is 6.06. The molecule has 0 aromatic heterocycles. The molecular formula is C7H12O6. The number of hydrogen-bond donors (Lipinski definition) is 3. The number of aliphatic hydroxyl groups is 2. The van der Waals surface area contributed by atoms with Gasteiger partial charge in [0.1, 0.15) is 6.10 Å². The maximum atomic E-state index is 10.5. The van der Waals surface area contributed by atoms with E-state index >= 15 is 0 Å². The van der Waals surface area contributed by atoms with Crippen molar-refractivity contribution >= 4 is 5.97 Å². The fourth-order valence-electron chi connectivity index (χ4n) is 1.24. The second-order valence-electron chi connectivity index (χ2n) is 2.87. The maximum absolute atomic E-state index is 10.5. The van der Waals surface area contributed by atoms with Crippen LogP contribution in [0.15, 0.2) is 0 Å². The van der Waals surface area contributed by atoms with Gasteiger partial charge in [-0.25, -0.2) is 4.79 Å². The molecule has 4 unspecified atom stereocenters. The van der Waals surface area contributed by atoms with Crippen LogP contribution in [0.4, 0.5) is 0 Å². The summed E-state index contributed by atoms with van der Waals surface area (Å²) in [5.41, 5.74) is 0. The number of hydrogen-bond acceptors (Lipinski definition) is 5. The molecule has 6 heteroatoms. The zero-order valence-electron chi connectivity index (χ0n) is 7.08. The summed E-state index contributed by atoms with van der Waals surface area (Å²) in [6, 6.07) is 0. The molecule has 1 fully saturated rings. The zero-order valence-corrected chi connectivity index (χ0v) is 7.08. The summed E-state index contributed by atoms with van der Waals surface area (Å²) < 4.78 is 9.49. The second kappa shape index (κ2) is 4.01. The molecule has 1 heterocycles. The lowest BCUT2D eigenvalue weighted by Crippen LogP contribution is -2.51. The number of methoxy groups -OCH3 is 1. The Hall–Kier alpha value is -0.690. The van der Waals surface area contributed by atoms with Crippen LogP contribution in [0.3, 0.4) is 0 Å². The van der Waals surface area contributed by atoms with Crippen LogP contribution in [0.2, 0.25) is 0 Å². The minimum absolute atomic E-state index is 0.0600. The van der Waals surface area contributed by atoms with Crippen molar-refractivity contribution < 1.29 is 29.6 Å². The number of carboxylic acids is 1. The normalized spacial score (nSPS) is 40.2. The van der Waals surface area contributed by atoms with E-state index < -0.39 is 30.6 Å². The molecule has 0 aliphatic carbocycles. The summed E-state index contributed by atoms with van der Waals surface area (Å²) in [6.45, 7) is 0. The first-order valence-corrected chi connectivity index (χ1v) is 3.83. The summed E-state index contributed by atoms with van der Waals surface area (Å²) in [7, 11) is 1.30. The fourth-order valence-corrected chi connectivity index (χ4v) is 1.24. The van der Waals surface area contributed by atoms with Crippen molar-refractivity contribution in [3.63, 3.8) is 0 Å². The molecule has 1 rings (SSSR count). The molecule has 1 saturated heterocycles. The van der Waals surface area contributed by atoms with Gasteiger partial charge in [-0.2, -0.15) is 0 Å². The minimum atomic E-state index is -1.33. The summed E-state index contributed by atoms with van der Waals surface area (Å²) >= 11 is 0. The lowest BCUT2D eigenvalue weighted by atomic mass is 10.0. The maximum Gasteiger partial charge on any atom is 0.335 e. The second-order valence-corrected chi connectivity index (χ2v) is 2.87. The van der Waals surface area contributed by atoms with Gasteiger partial charge in [0.15, 0.2) is 12.4 Å². The monoisotopic (exact) mass is 192 g/mol. The largest absolute Gasteiger partial charge is 0.479 e. The molecule has 4 atom stereocenters. The van der Waals surface area contributed by atoms with Gasteiger partial charge < -0.3 is 24.8 Å². The van der Waals surface area contributed by atoms with Crippen LogP contribution in [0.25, 0.3) is 0 Å². The molecule has 1 aliphatic rings. The molecule has 0 saturated carbocycles. The number of aliphatic carboxylic acids is 1. The molecule has 0 radical (unpaired) electrons. The topological polar surface area (TPSA) is 96.2 Å². The Balaban J connectivity index is 2.63. The third kappa shape index (κ3) is 2.16. The Kier molecular flexibility index (Phi) is 3.21. The Morgan fingerprint density at radius 2 is 2.08 bits per heavy atom. The SMILES string of the molecule is COC1OC(C(=O)O)C(O)CC1O. The highest BCUT2D eigenvalue weighted by Gasteiger charge is 2.40. The molecule has 13 heavy (non-hydrogen) atoms. The third-order valence-electron chi connectivity index (χ3n) is 1.90. The van der Waals surface area contributed by atoms with E-state index in [1.807, 2.05) is 0 Å². The summed E-state index contributed by atoms with van der Waals surface area (Å²) in [5.74, 6) is -1.26. The number of rotatable bonds is 2. The van der Waals surface area contributed by atoms with Crippen molar-refractivity contribution in [1.82, 2.24) is 0 Å². The predicted molar refractivity (Wildman–Crippen MR) is 39.9 cm³/mol. The van der Waals surface area contributed by atoms with E-state index in [2.05, 4.69) is 4.74 Å². The van der Waals surface area contributed by atoms with E-state index in [-0.39, 0.29) is 6.42 Å². The van der Waals surface area contributed by atoms with Crippen molar-refractivity contribution in [2.24, 2.45) is 0 Å². The number of aliphatic hydroxyl groups excluding tert-OH is 2. The van der Waals surface area contributed by atoms with Gasteiger partial charge in [0.05, 0.1) is 6.10 Å². The highest BCUT2D eigenvalue weighted by Crippen LogP contribution is 2.20.